The summed E-state index contributed by atoms with van der Waals surface area (Å²) in [6.45, 7) is 4.25. The first-order valence-corrected chi connectivity index (χ1v) is 8.23. The second-order valence-electron chi connectivity index (χ2n) is 5.11. The van der Waals surface area contributed by atoms with Crippen molar-refractivity contribution < 1.29 is 13.5 Å². The predicted molar refractivity (Wildman–Crippen MR) is 66.7 cm³/mol. The SMILES string of the molecule is O=S1(=O)CC(O)C(NCCCN2CCCC2)C1. The summed E-state index contributed by atoms with van der Waals surface area (Å²) in [5.41, 5.74) is 0. The van der Waals surface area contributed by atoms with Crippen LogP contribution in [0.15, 0.2) is 0 Å². The zero-order valence-electron chi connectivity index (χ0n) is 10.1. The summed E-state index contributed by atoms with van der Waals surface area (Å²) in [4.78, 5) is 2.43. The van der Waals surface area contributed by atoms with Gasteiger partial charge in [-0.15, -0.1) is 0 Å². The highest BCUT2D eigenvalue weighted by atomic mass is 32.2. The lowest BCUT2D eigenvalue weighted by Gasteiger charge is -2.17. The van der Waals surface area contributed by atoms with E-state index in [0.29, 0.717) is 0 Å². The maximum absolute atomic E-state index is 11.3. The van der Waals surface area contributed by atoms with E-state index in [1.165, 1.54) is 25.9 Å². The quantitative estimate of drug-likeness (QED) is 0.636. The highest BCUT2D eigenvalue weighted by Gasteiger charge is 2.35. The van der Waals surface area contributed by atoms with E-state index in [1.807, 2.05) is 0 Å². The second kappa shape index (κ2) is 5.65. The molecule has 100 valence electrons. The van der Waals surface area contributed by atoms with Crippen molar-refractivity contribution in [3.8, 4) is 0 Å². The number of rotatable bonds is 5. The number of hydrogen-bond acceptors (Lipinski definition) is 5. The van der Waals surface area contributed by atoms with Crippen LogP contribution in [-0.4, -0.2) is 68.3 Å². The molecule has 2 fully saturated rings. The number of nitrogens with zero attached hydrogens (tertiary/aromatic N) is 1. The normalized spacial score (nSPS) is 33.2. The van der Waals surface area contributed by atoms with E-state index in [1.54, 1.807) is 0 Å². The largest absolute Gasteiger partial charge is 0.390 e. The van der Waals surface area contributed by atoms with Gasteiger partial charge in [-0.25, -0.2) is 8.42 Å². The molecule has 0 aromatic rings. The van der Waals surface area contributed by atoms with Gasteiger partial charge >= 0.3 is 0 Å². The topological polar surface area (TPSA) is 69.6 Å². The smallest absolute Gasteiger partial charge is 0.154 e. The summed E-state index contributed by atoms with van der Waals surface area (Å²) in [5.74, 6) is -0.00529. The Kier molecular flexibility index (Phi) is 4.41. The third-order valence-corrected chi connectivity index (χ3v) is 5.30. The first-order valence-electron chi connectivity index (χ1n) is 6.41. The maximum Gasteiger partial charge on any atom is 0.154 e. The van der Waals surface area contributed by atoms with Gasteiger partial charge in [0.2, 0.25) is 0 Å². The zero-order chi connectivity index (χ0) is 12.3. The number of hydrogen-bond donors (Lipinski definition) is 2. The molecule has 0 radical (unpaired) electrons. The van der Waals surface area contributed by atoms with Crippen molar-refractivity contribution in [2.75, 3.05) is 37.7 Å². The lowest BCUT2D eigenvalue weighted by atomic mass is 10.2. The minimum Gasteiger partial charge on any atom is -0.390 e. The molecule has 0 bridgehead atoms. The molecule has 2 atom stereocenters. The Labute approximate surface area is 103 Å². The van der Waals surface area contributed by atoms with Crippen LogP contribution in [0.4, 0.5) is 0 Å². The first-order chi connectivity index (χ1) is 8.07. The summed E-state index contributed by atoms with van der Waals surface area (Å²) in [6.07, 6.45) is 2.88. The van der Waals surface area contributed by atoms with E-state index in [2.05, 4.69) is 10.2 Å². The molecule has 0 spiro atoms. The molecule has 2 heterocycles. The van der Waals surface area contributed by atoms with Crippen molar-refractivity contribution in [1.82, 2.24) is 10.2 Å². The van der Waals surface area contributed by atoms with Crippen LogP contribution >= 0.6 is 0 Å². The molecule has 2 rings (SSSR count). The van der Waals surface area contributed by atoms with Crippen molar-refractivity contribution in [3.05, 3.63) is 0 Å². The molecule has 2 saturated heterocycles. The van der Waals surface area contributed by atoms with Gasteiger partial charge in [-0.1, -0.05) is 0 Å². The average Bonchev–Trinajstić information content (AvgIpc) is 2.81. The lowest BCUT2D eigenvalue weighted by Crippen LogP contribution is -2.40. The molecule has 6 heteroatoms. The van der Waals surface area contributed by atoms with E-state index >= 15 is 0 Å². The highest BCUT2D eigenvalue weighted by Crippen LogP contribution is 2.12. The van der Waals surface area contributed by atoms with Crippen LogP contribution in [0.2, 0.25) is 0 Å². The molecular weight excluding hydrogens is 240 g/mol. The van der Waals surface area contributed by atoms with Crippen molar-refractivity contribution in [2.45, 2.75) is 31.4 Å². The predicted octanol–water partition coefficient (Wildman–Crippen LogP) is -0.780. The Morgan fingerprint density at radius 2 is 1.94 bits per heavy atom. The molecule has 0 aromatic heterocycles. The average molecular weight is 262 g/mol. The van der Waals surface area contributed by atoms with Crippen LogP contribution < -0.4 is 5.32 Å². The summed E-state index contributed by atoms with van der Waals surface area (Å²) < 4.78 is 22.6. The molecule has 2 aliphatic rings. The van der Waals surface area contributed by atoms with Crippen LogP contribution in [0.5, 0.6) is 0 Å². The number of aliphatic hydroxyl groups is 1. The van der Waals surface area contributed by atoms with Crippen molar-refractivity contribution in [3.63, 3.8) is 0 Å². The molecule has 2 aliphatic heterocycles. The number of nitrogens with one attached hydrogen (secondary N) is 1. The van der Waals surface area contributed by atoms with Crippen LogP contribution in [0.25, 0.3) is 0 Å². The van der Waals surface area contributed by atoms with Crippen molar-refractivity contribution >= 4 is 9.84 Å². The van der Waals surface area contributed by atoms with Gasteiger partial charge in [0, 0.05) is 6.04 Å². The van der Waals surface area contributed by atoms with E-state index in [0.717, 1.165) is 19.5 Å². The minimum absolute atomic E-state index is 0.0812. The maximum atomic E-state index is 11.3. The summed E-state index contributed by atoms with van der Waals surface area (Å²) in [7, 11) is -3.02. The fourth-order valence-electron chi connectivity index (χ4n) is 2.62. The van der Waals surface area contributed by atoms with E-state index < -0.39 is 15.9 Å². The minimum atomic E-state index is -3.02. The van der Waals surface area contributed by atoms with Crippen molar-refractivity contribution in [1.29, 1.82) is 0 Å². The Balaban J connectivity index is 1.62. The van der Waals surface area contributed by atoms with Crippen molar-refractivity contribution in [2.24, 2.45) is 0 Å². The molecule has 5 nitrogen and oxygen atoms in total. The fourth-order valence-corrected chi connectivity index (χ4v) is 4.40. The monoisotopic (exact) mass is 262 g/mol. The van der Waals surface area contributed by atoms with Crippen LogP contribution in [-0.2, 0) is 9.84 Å². The van der Waals surface area contributed by atoms with Gasteiger partial charge in [-0.3, -0.25) is 0 Å². The molecule has 0 amide bonds. The Hall–Kier alpha value is -0.170. The molecule has 2 N–H and O–H groups in total. The van der Waals surface area contributed by atoms with Crippen LogP contribution in [0.1, 0.15) is 19.3 Å². The van der Waals surface area contributed by atoms with Gasteiger partial charge < -0.3 is 15.3 Å². The van der Waals surface area contributed by atoms with E-state index in [4.69, 9.17) is 0 Å². The van der Waals surface area contributed by atoms with Gasteiger partial charge in [0.25, 0.3) is 0 Å². The molecule has 2 unspecified atom stereocenters. The second-order valence-corrected chi connectivity index (χ2v) is 7.26. The van der Waals surface area contributed by atoms with Gasteiger partial charge in [-0.05, 0) is 45.4 Å². The van der Waals surface area contributed by atoms with Gasteiger partial charge in [0.1, 0.15) is 0 Å². The third-order valence-electron chi connectivity index (χ3n) is 3.58. The molecule has 17 heavy (non-hydrogen) atoms. The number of likely N-dealkylation sites (tertiary alicyclic amines) is 1. The number of aliphatic hydroxyl groups excluding tert-OH is 1. The van der Waals surface area contributed by atoms with Gasteiger partial charge in [-0.2, -0.15) is 0 Å². The van der Waals surface area contributed by atoms with Gasteiger partial charge in [0.15, 0.2) is 9.84 Å². The summed E-state index contributed by atoms with van der Waals surface area (Å²) >= 11 is 0. The standard InChI is InChI=1S/C11H22N2O3S/c14-11-9-17(15,16)8-10(11)12-4-3-7-13-5-1-2-6-13/h10-12,14H,1-9H2. The molecule has 0 aliphatic carbocycles. The van der Waals surface area contributed by atoms with Crippen LogP contribution in [0.3, 0.4) is 0 Å². The fraction of sp³-hybridized carbons (Fsp3) is 1.00. The zero-order valence-corrected chi connectivity index (χ0v) is 11.0. The van der Waals surface area contributed by atoms with Crippen LogP contribution in [0, 0.1) is 0 Å². The first kappa shape index (κ1) is 13.3. The molecule has 0 saturated carbocycles. The Morgan fingerprint density at radius 1 is 1.24 bits per heavy atom. The lowest BCUT2D eigenvalue weighted by molar-refractivity contribution is 0.165. The third kappa shape index (κ3) is 3.91. The Morgan fingerprint density at radius 3 is 2.53 bits per heavy atom. The summed E-state index contributed by atoms with van der Waals surface area (Å²) in [5, 5.41) is 12.7. The van der Waals surface area contributed by atoms with Gasteiger partial charge in [0.05, 0.1) is 17.6 Å². The Bertz CT molecular complexity index is 339. The molecule has 0 aromatic carbocycles. The number of sulfone groups is 1. The molecular formula is C11H22N2O3S. The highest BCUT2D eigenvalue weighted by molar-refractivity contribution is 7.91. The summed E-state index contributed by atoms with van der Waals surface area (Å²) in [6, 6.07) is -0.265. The van der Waals surface area contributed by atoms with E-state index in [9.17, 15) is 13.5 Å². The van der Waals surface area contributed by atoms with E-state index in [-0.39, 0.29) is 17.5 Å².